The molecule has 0 saturated carbocycles. The summed E-state index contributed by atoms with van der Waals surface area (Å²) >= 11 is 0. The smallest absolute Gasteiger partial charge is 0.335 e. The standard InChI is InChI=1S/C12H16N2O5S/c13-11(15)5-2-6-14-20(18,19)8-9-3-1-4-10(7-9)12(16)17/h1,3-4,7,14H,2,5-6,8H2,(H2,13,15)(H,16,17). The molecule has 0 unspecified atom stereocenters. The van der Waals surface area contributed by atoms with Gasteiger partial charge in [0.25, 0.3) is 0 Å². The number of hydrogen-bond acceptors (Lipinski definition) is 4. The number of carbonyl (C=O) groups excluding carboxylic acids is 1. The number of rotatable bonds is 8. The summed E-state index contributed by atoms with van der Waals surface area (Å²) in [6, 6.07) is 5.72. The Hall–Kier alpha value is -1.93. The number of hydrogen-bond donors (Lipinski definition) is 3. The second-order valence-electron chi connectivity index (χ2n) is 4.23. The van der Waals surface area contributed by atoms with Crippen LogP contribution in [0.25, 0.3) is 0 Å². The van der Waals surface area contributed by atoms with Crippen LogP contribution in [0.5, 0.6) is 0 Å². The van der Waals surface area contributed by atoms with Gasteiger partial charge in [0.1, 0.15) is 0 Å². The van der Waals surface area contributed by atoms with Crippen LogP contribution < -0.4 is 10.5 Å². The first-order valence-corrected chi connectivity index (χ1v) is 7.53. The van der Waals surface area contributed by atoms with Gasteiger partial charge in [-0.25, -0.2) is 17.9 Å². The molecule has 0 aliphatic carbocycles. The van der Waals surface area contributed by atoms with Gasteiger partial charge in [-0.3, -0.25) is 4.79 Å². The molecule has 0 aromatic heterocycles. The molecule has 1 amide bonds. The second kappa shape index (κ2) is 7.01. The van der Waals surface area contributed by atoms with Gasteiger partial charge in [0.15, 0.2) is 0 Å². The number of nitrogens with two attached hydrogens (primary N) is 1. The van der Waals surface area contributed by atoms with E-state index in [4.69, 9.17) is 10.8 Å². The van der Waals surface area contributed by atoms with Gasteiger partial charge in [-0.15, -0.1) is 0 Å². The molecule has 20 heavy (non-hydrogen) atoms. The van der Waals surface area contributed by atoms with Crippen molar-refractivity contribution in [2.45, 2.75) is 18.6 Å². The number of carboxylic acid groups (broad SMARTS) is 1. The zero-order valence-corrected chi connectivity index (χ0v) is 11.5. The molecule has 0 aliphatic heterocycles. The van der Waals surface area contributed by atoms with E-state index < -0.39 is 21.9 Å². The Kier molecular flexibility index (Phi) is 5.66. The zero-order valence-electron chi connectivity index (χ0n) is 10.7. The van der Waals surface area contributed by atoms with Gasteiger partial charge in [0, 0.05) is 13.0 Å². The van der Waals surface area contributed by atoms with E-state index in [9.17, 15) is 18.0 Å². The molecular formula is C12H16N2O5S. The molecule has 0 spiro atoms. The number of aromatic carboxylic acids is 1. The fraction of sp³-hybridized carbons (Fsp3) is 0.333. The van der Waals surface area contributed by atoms with Gasteiger partial charge in [0.05, 0.1) is 11.3 Å². The van der Waals surface area contributed by atoms with Gasteiger partial charge in [-0.1, -0.05) is 12.1 Å². The quantitative estimate of drug-likeness (QED) is 0.585. The van der Waals surface area contributed by atoms with Gasteiger partial charge in [-0.2, -0.15) is 0 Å². The molecule has 8 heteroatoms. The van der Waals surface area contributed by atoms with Crippen LogP contribution in [0.3, 0.4) is 0 Å². The van der Waals surface area contributed by atoms with E-state index >= 15 is 0 Å². The molecule has 4 N–H and O–H groups in total. The summed E-state index contributed by atoms with van der Waals surface area (Å²) < 4.78 is 25.8. The van der Waals surface area contributed by atoms with E-state index in [1.165, 1.54) is 24.3 Å². The highest BCUT2D eigenvalue weighted by Crippen LogP contribution is 2.08. The summed E-state index contributed by atoms with van der Waals surface area (Å²) in [4.78, 5) is 21.3. The normalized spacial score (nSPS) is 11.2. The van der Waals surface area contributed by atoms with E-state index in [0.717, 1.165) is 0 Å². The predicted molar refractivity (Wildman–Crippen MR) is 72.5 cm³/mol. The lowest BCUT2D eigenvalue weighted by atomic mass is 10.1. The van der Waals surface area contributed by atoms with Crippen LogP contribution in [0.1, 0.15) is 28.8 Å². The first-order chi connectivity index (χ1) is 9.30. The Morgan fingerprint density at radius 3 is 2.60 bits per heavy atom. The number of benzene rings is 1. The molecule has 0 fully saturated rings. The topological polar surface area (TPSA) is 127 Å². The van der Waals surface area contributed by atoms with Crippen molar-refractivity contribution in [2.75, 3.05) is 6.54 Å². The Labute approximate surface area is 116 Å². The third-order valence-corrected chi connectivity index (χ3v) is 3.81. The van der Waals surface area contributed by atoms with Crippen LogP contribution in [0.15, 0.2) is 24.3 Å². The average molecular weight is 300 g/mol. The van der Waals surface area contributed by atoms with E-state index in [1.54, 1.807) is 0 Å². The molecule has 0 atom stereocenters. The molecule has 7 nitrogen and oxygen atoms in total. The number of nitrogens with one attached hydrogen (secondary N) is 1. The number of primary amides is 1. The van der Waals surface area contributed by atoms with E-state index in [1.807, 2.05) is 0 Å². The SMILES string of the molecule is NC(=O)CCCNS(=O)(=O)Cc1cccc(C(=O)O)c1. The van der Waals surface area contributed by atoms with E-state index in [-0.39, 0.29) is 24.3 Å². The molecule has 0 bridgehead atoms. The van der Waals surface area contributed by atoms with Crippen molar-refractivity contribution < 1.29 is 23.1 Å². The van der Waals surface area contributed by atoms with Crippen LogP contribution in [0.2, 0.25) is 0 Å². The van der Waals surface area contributed by atoms with Gasteiger partial charge >= 0.3 is 5.97 Å². The number of sulfonamides is 1. The molecular weight excluding hydrogens is 284 g/mol. The summed E-state index contributed by atoms with van der Waals surface area (Å²) in [6.07, 6.45) is 0.431. The predicted octanol–water partition coefficient (Wildman–Crippen LogP) is 0.0697. The van der Waals surface area contributed by atoms with Crippen molar-refractivity contribution in [3.8, 4) is 0 Å². The lowest BCUT2D eigenvalue weighted by Crippen LogP contribution is -2.27. The molecule has 1 rings (SSSR count). The lowest BCUT2D eigenvalue weighted by molar-refractivity contribution is -0.118. The van der Waals surface area contributed by atoms with Crippen LogP contribution >= 0.6 is 0 Å². The van der Waals surface area contributed by atoms with E-state index in [0.29, 0.717) is 12.0 Å². The molecule has 0 saturated heterocycles. The molecule has 1 aromatic carbocycles. The number of carbonyl (C=O) groups is 2. The Bertz CT molecular complexity index is 598. The highest BCUT2D eigenvalue weighted by atomic mass is 32.2. The minimum Gasteiger partial charge on any atom is -0.478 e. The van der Waals surface area contributed by atoms with Crippen LogP contribution in [0.4, 0.5) is 0 Å². The molecule has 1 aromatic rings. The second-order valence-corrected chi connectivity index (χ2v) is 6.04. The van der Waals surface area contributed by atoms with Crippen molar-refractivity contribution in [1.29, 1.82) is 0 Å². The van der Waals surface area contributed by atoms with Crippen molar-refractivity contribution in [3.05, 3.63) is 35.4 Å². The highest BCUT2D eigenvalue weighted by molar-refractivity contribution is 7.88. The third-order valence-electron chi connectivity index (χ3n) is 2.45. The van der Waals surface area contributed by atoms with Crippen LogP contribution in [0, 0.1) is 0 Å². The largest absolute Gasteiger partial charge is 0.478 e. The van der Waals surface area contributed by atoms with Crippen molar-refractivity contribution in [3.63, 3.8) is 0 Å². The maximum Gasteiger partial charge on any atom is 0.335 e. The summed E-state index contributed by atoms with van der Waals surface area (Å²) in [6.45, 7) is 0.115. The monoisotopic (exact) mass is 300 g/mol. The molecule has 110 valence electrons. The summed E-state index contributed by atoms with van der Waals surface area (Å²) in [5, 5.41) is 8.82. The van der Waals surface area contributed by atoms with Gasteiger partial charge in [0.2, 0.25) is 15.9 Å². The fourth-order valence-corrected chi connectivity index (χ4v) is 2.73. The number of amides is 1. The summed E-state index contributed by atoms with van der Waals surface area (Å²) in [7, 11) is -3.57. The third kappa shape index (κ3) is 5.81. The van der Waals surface area contributed by atoms with Crippen molar-refractivity contribution >= 4 is 21.9 Å². The van der Waals surface area contributed by atoms with E-state index in [2.05, 4.69) is 4.72 Å². The maximum absolute atomic E-state index is 11.8. The van der Waals surface area contributed by atoms with Crippen LogP contribution in [-0.2, 0) is 20.6 Å². The first kappa shape index (κ1) is 16.1. The average Bonchev–Trinajstić information content (AvgIpc) is 2.34. The van der Waals surface area contributed by atoms with Gasteiger partial charge < -0.3 is 10.8 Å². The van der Waals surface area contributed by atoms with Crippen molar-refractivity contribution in [2.24, 2.45) is 5.73 Å². The highest BCUT2D eigenvalue weighted by Gasteiger charge is 2.12. The van der Waals surface area contributed by atoms with Crippen LogP contribution in [-0.4, -0.2) is 31.9 Å². The maximum atomic E-state index is 11.8. The molecule has 0 radical (unpaired) electrons. The number of carboxylic acids is 1. The van der Waals surface area contributed by atoms with Gasteiger partial charge in [-0.05, 0) is 24.1 Å². The Morgan fingerprint density at radius 1 is 1.30 bits per heavy atom. The first-order valence-electron chi connectivity index (χ1n) is 5.88. The minimum absolute atomic E-state index is 0.0337. The summed E-state index contributed by atoms with van der Waals surface area (Å²) in [5.74, 6) is -1.91. The Balaban J connectivity index is 2.60. The Morgan fingerprint density at radius 2 is 2.00 bits per heavy atom. The molecule has 0 aliphatic rings. The minimum atomic E-state index is -3.57. The fourth-order valence-electron chi connectivity index (χ4n) is 1.55. The lowest BCUT2D eigenvalue weighted by Gasteiger charge is -2.07. The zero-order chi connectivity index (χ0) is 15.2. The summed E-state index contributed by atoms with van der Waals surface area (Å²) in [5.41, 5.74) is 5.35. The van der Waals surface area contributed by atoms with Crippen molar-refractivity contribution in [1.82, 2.24) is 4.72 Å². The molecule has 0 heterocycles.